The Bertz CT molecular complexity index is 572. The summed E-state index contributed by atoms with van der Waals surface area (Å²) in [5, 5.41) is 5.58. The maximum atomic E-state index is 11.8. The number of urea groups is 1. The van der Waals surface area contributed by atoms with Crippen molar-refractivity contribution in [2.45, 2.75) is 4.90 Å². The van der Waals surface area contributed by atoms with Crippen molar-refractivity contribution >= 4 is 45.1 Å². The number of rotatable bonds is 3. The molecule has 3 nitrogen and oxygen atoms in total. The van der Waals surface area contributed by atoms with Crippen LogP contribution in [0, 0.1) is 0 Å². The van der Waals surface area contributed by atoms with Gasteiger partial charge < -0.3 is 10.6 Å². The Morgan fingerprint density at radius 2 is 1.74 bits per heavy atom. The second kappa shape index (κ2) is 6.63. The lowest BCUT2D eigenvalue weighted by atomic mass is 10.3. The SMILES string of the molecule is CSc1cccc(NC(=O)Nc2ccc(Br)cc2)c1. The molecule has 2 aromatic carbocycles. The van der Waals surface area contributed by atoms with Gasteiger partial charge in [-0.2, -0.15) is 0 Å². The van der Waals surface area contributed by atoms with Gasteiger partial charge >= 0.3 is 6.03 Å². The van der Waals surface area contributed by atoms with Gasteiger partial charge in [0.15, 0.2) is 0 Å². The van der Waals surface area contributed by atoms with Crippen LogP contribution in [0.4, 0.5) is 16.2 Å². The number of thioether (sulfide) groups is 1. The Morgan fingerprint density at radius 1 is 1.05 bits per heavy atom. The number of halogens is 1. The Labute approximate surface area is 124 Å². The fourth-order valence-electron chi connectivity index (χ4n) is 1.53. The van der Waals surface area contributed by atoms with Crippen LogP contribution in [0.15, 0.2) is 57.9 Å². The molecule has 0 atom stereocenters. The van der Waals surface area contributed by atoms with Crippen LogP contribution in [-0.4, -0.2) is 12.3 Å². The summed E-state index contributed by atoms with van der Waals surface area (Å²) < 4.78 is 0.978. The van der Waals surface area contributed by atoms with E-state index < -0.39 is 0 Å². The number of nitrogens with one attached hydrogen (secondary N) is 2. The molecule has 0 fully saturated rings. The third-order valence-electron chi connectivity index (χ3n) is 2.43. The Morgan fingerprint density at radius 3 is 2.42 bits per heavy atom. The van der Waals surface area contributed by atoms with Crippen LogP contribution in [0.2, 0.25) is 0 Å². The lowest BCUT2D eigenvalue weighted by Crippen LogP contribution is -2.19. The molecular formula is C14H13BrN2OS. The largest absolute Gasteiger partial charge is 0.323 e. The number of anilines is 2. The average Bonchev–Trinajstić information content (AvgIpc) is 2.41. The van der Waals surface area contributed by atoms with E-state index >= 15 is 0 Å². The Balaban J connectivity index is 1.99. The van der Waals surface area contributed by atoms with Gasteiger partial charge in [-0.05, 0) is 48.7 Å². The molecule has 0 spiro atoms. The minimum Gasteiger partial charge on any atom is -0.308 e. The monoisotopic (exact) mass is 336 g/mol. The second-order valence-electron chi connectivity index (χ2n) is 3.82. The molecule has 0 bridgehead atoms. The van der Waals surface area contributed by atoms with Crippen molar-refractivity contribution in [1.82, 2.24) is 0 Å². The van der Waals surface area contributed by atoms with Crippen molar-refractivity contribution in [3.05, 3.63) is 53.0 Å². The maximum Gasteiger partial charge on any atom is 0.323 e. The third-order valence-corrected chi connectivity index (χ3v) is 3.68. The summed E-state index contributed by atoms with van der Waals surface area (Å²) in [7, 11) is 0. The van der Waals surface area contributed by atoms with E-state index in [0.717, 1.165) is 20.7 Å². The molecule has 0 heterocycles. The van der Waals surface area contributed by atoms with Crippen LogP contribution in [0.3, 0.4) is 0 Å². The highest BCUT2D eigenvalue weighted by molar-refractivity contribution is 9.10. The van der Waals surface area contributed by atoms with E-state index in [4.69, 9.17) is 0 Å². The van der Waals surface area contributed by atoms with Gasteiger partial charge in [-0.15, -0.1) is 11.8 Å². The standard InChI is InChI=1S/C14H13BrN2OS/c1-19-13-4-2-3-12(9-13)17-14(18)16-11-7-5-10(15)6-8-11/h2-9H,1H3,(H2,16,17,18). The minimum atomic E-state index is -0.249. The first kappa shape index (κ1) is 14.0. The lowest BCUT2D eigenvalue weighted by molar-refractivity contribution is 0.262. The van der Waals surface area contributed by atoms with Crippen molar-refractivity contribution in [2.75, 3.05) is 16.9 Å². The van der Waals surface area contributed by atoms with Gasteiger partial charge in [-0.3, -0.25) is 0 Å². The predicted octanol–water partition coefficient (Wildman–Crippen LogP) is 4.82. The highest BCUT2D eigenvalue weighted by Gasteiger charge is 2.03. The first-order chi connectivity index (χ1) is 9.17. The molecule has 2 N–H and O–H groups in total. The first-order valence-electron chi connectivity index (χ1n) is 5.65. The summed E-state index contributed by atoms with van der Waals surface area (Å²) in [5.41, 5.74) is 1.53. The van der Waals surface area contributed by atoms with Gasteiger partial charge in [-0.25, -0.2) is 4.79 Å². The summed E-state index contributed by atoms with van der Waals surface area (Å²) in [4.78, 5) is 12.9. The molecule has 0 aromatic heterocycles. The van der Waals surface area contributed by atoms with Crippen LogP contribution >= 0.6 is 27.7 Å². The summed E-state index contributed by atoms with van der Waals surface area (Å²) >= 11 is 4.99. The molecule has 0 saturated carbocycles. The van der Waals surface area contributed by atoms with Crippen LogP contribution in [-0.2, 0) is 0 Å². The lowest BCUT2D eigenvalue weighted by Gasteiger charge is -2.08. The zero-order valence-corrected chi connectivity index (χ0v) is 12.7. The molecular weight excluding hydrogens is 324 g/mol. The highest BCUT2D eigenvalue weighted by Crippen LogP contribution is 2.19. The zero-order chi connectivity index (χ0) is 13.7. The first-order valence-corrected chi connectivity index (χ1v) is 7.67. The van der Waals surface area contributed by atoms with Gasteiger partial charge in [0.25, 0.3) is 0 Å². The van der Waals surface area contributed by atoms with Crippen LogP contribution in [0.5, 0.6) is 0 Å². The molecule has 0 saturated heterocycles. The molecule has 19 heavy (non-hydrogen) atoms. The summed E-state index contributed by atoms with van der Waals surface area (Å²) in [6.07, 6.45) is 2.00. The van der Waals surface area contributed by atoms with E-state index in [-0.39, 0.29) is 6.03 Å². The number of benzene rings is 2. The van der Waals surface area contributed by atoms with Gasteiger partial charge in [0, 0.05) is 20.7 Å². The summed E-state index contributed by atoms with van der Waals surface area (Å²) in [6, 6.07) is 14.9. The van der Waals surface area contributed by atoms with E-state index in [1.54, 1.807) is 11.8 Å². The average molecular weight is 337 g/mol. The molecule has 98 valence electrons. The van der Waals surface area contributed by atoms with Crippen molar-refractivity contribution < 1.29 is 4.79 Å². The van der Waals surface area contributed by atoms with Gasteiger partial charge in [0.2, 0.25) is 0 Å². The third kappa shape index (κ3) is 4.29. The van der Waals surface area contributed by atoms with Crippen LogP contribution in [0.25, 0.3) is 0 Å². The van der Waals surface area contributed by atoms with Crippen LogP contribution in [0.1, 0.15) is 0 Å². The van der Waals surface area contributed by atoms with Crippen molar-refractivity contribution in [1.29, 1.82) is 0 Å². The molecule has 0 unspecified atom stereocenters. The van der Waals surface area contributed by atoms with Gasteiger partial charge in [-0.1, -0.05) is 22.0 Å². The Kier molecular flexibility index (Phi) is 4.87. The quantitative estimate of drug-likeness (QED) is 0.789. The molecule has 0 aliphatic rings. The summed E-state index contributed by atoms with van der Waals surface area (Å²) in [5.74, 6) is 0. The van der Waals surface area contributed by atoms with Crippen molar-refractivity contribution in [3.63, 3.8) is 0 Å². The number of carbonyl (C=O) groups is 1. The van der Waals surface area contributed by atoms with E-state index in [9.17, 15) is 4.79 Å². The topological polar surface area (TPSA) is 41.1 Å². The Hall–Kier alpha value is -1.46. The molecule has 0 radical (unpaired) electrons. The minimum absolute atomic E-state index is 0.249. The number of hydrogen-bond acceptors (Lipinski definition) is 2. The molecule has 2 aromatic rings. The molecule has 2 rings (SSSR count). The number of carbonyl (C=O) groups excluding carboxylic acids is 1. The predicted molar refractivity (Wildman–Crippen MR) is 85.0 cm³/mol. The van der Waals surface area contributed by atoms with Crippen molar-refractivity contribution in [2.24, 2.45) is 0 Å². The fourth-order valence-corrected chi connectivity index (χ4v) is 2.25. The molecule has 5 heteroatoms. The smallest absolute Gasteiger partial charge is 0.308 e. The van der Waals surface area contributed by atoms with Crippen LogP contribution < -0.4 is 10.6 Å². The molecule has 0 aliphatic carbocycles. The zero-order valence-electron chi connectivity index (χ0n) is 10.3. The summed E-state index contributed by atoms with van der Waals surface area (Å²) in [6.45, 7) is 0. The van der Waals surface area contributed by atoms with Gasteiger partial charge in [0.05, 0.1) is 0 Å². The van der Waals surface area contributed by atoms with E-state index in [1.165, 1.54) is 0 Å². The highest BCUT2D eigenvalue weighted by atomic mass is 79.9. The van der Waals surface area contributed by atoms with Gasteiger partial charge in [0.1, 0.15) is 0 Å². The second-order valence-corrected chi connectivity index (χ2v) is 5.61. The number of amides is 2. The van der Waals surface area contributed by atoms with E-state index in [0.29, 0.717) is 0 Å². The number of hydrogen-bond donors (Lipinski definition) is 2. The molecule has 0 aliphatic heterocycles. The maximum absolute atomic E-state index is 11.8. The molecule has 2 amide bonds. The normalized spacial score (nSPS) is 10.0. The van der Waals surface area contributed by atoms with E-state index in [1.807, 2.05) is 54.8 Å². The van der Waals surface area contributed by atoms with Crippen molar-refractivity contribution in [3.8, 4) is 0 Å². The van der Waals surface area contributed by atoms with E-state index in [2.05, 4.69) is 26.6 Å². The fraction of sp³-hybridized carbons (Fsp3) is 0.0714.